The molecule has 0 bridgehead atoms. The van der Waals surface area contributed by atoms with Crippen molar-refractivity contribution in [2.75, 3.05) is 19.8 Å². The fraction of sp³-hybridized carbons (Fsp3) is 0.364. The van der Waals surface area contributed by atoms with Crippen molar-refractivity contribution >= 4 is 17.4 Å². The van der Waals surface area contributed by atoms with Gasteiger partial charge in [-0.25, -0.2) is 0 Å². The van der Waals surface area contributed by atoms with Crippen molar-refractivity contribution in [2.45, 2.75) is 31.9 Å². The molecular formula is C22H23NO6. The van der Waals surface area contributed by atoms with Crippen LogP contribution >= 0.6 is 0 Å². The first-order valence-corrected chi connectivity index (χ1v) is 9.76. The van der Waals surface area contributed by atoms with Gasteiger partial charge in [-0.1, -0.05) is 0 Å². The fourth-order valence-corrected chi connectivity index (χ4v) is 3.85. The van der Waals surface area contributed by atoms with Gasteiger partial charge in [-0.15, -0.1) is 0 Å². The molecule has 0 aliphatic carbocycles. The maximum Gasteiger partial charge on any atom is 0.295 e. The molecule has 0 radical (unpaired) electrons. The molecule has 7 nitrogen and oxygen atoms in total. The molecule has 2 aromatic rings. The highest BCUT2D eigenvalue weighted by molar-refractivity contribution is 6.46. The van der Waals surface area contributed by atoms with E-state index in [0.717, 1.165) is 12.8 Å². The Morgan fingerprint density at radius 3 is 2.66 bits per heavy atom. The van der Waals surface area contributed by atoms with E-state index in [4.69, 9.17) is 13.9 Å². The van der Waals surface area contributed by atoms with Gasteiger partial charge in [0.2, 0.25) is 0 Å². The van der Waals surface area contributed by atoms with Crippen molar-refractivity contribution in [2.24, 2.45) is 0 Å². The van der Waals surface area contributed by atoms with Crippen LogP contribution in [0.3, 0.4) is 0 Å². The summed E-state index contributed by atoms with van der Waals surface area (Å²) >= 11 is 0. The first-order valence-electron chi connectivity index (χ1n) is 9.76. The summed E-state index contributed by atoms with van der Waals surface area (Å²) in [6.07, 6.45) is 3.10. The average molecular weight is 397 g/mol. The van der Waals surface area contributed by atoms with Gasteiger partial charge in [0.25, 0.3) is 11.7 Å². The number of hydrogen-bond donors (Lipinski definition) is 1. The van der Waals surface area contributed by atoms with E-state index in [0.29, 0.717) is 30.3 Å². The van der Waals surface area contributed by atoms with E-state index in [1.165, 1.54) is 11.2 Å². The van der Waals surface area contributed by atoms with Crippen LogP contribution < -0.4 is 4.74 Å². The smallest absolute Gasteiger partial charge is 0.295 e. The highest BCUT2D eigenvalue weighted by Crippen LogP contribution is 2.40. The summed E-state index contributed by atoms with van der Waals surface area (Å²) in [6, 6.07) is 9.34. The number of hydrogen-bond acceptors (Lipinski definition) is 6. The minimum atomic E-state index is -0.791. The van der Waals surface area contributed by atoms with Crippen molar-refractivity contribution in [1.29, 1.82) is 0 Å². The Kier molecular flexibility index (Phi) is 5.40. The molecule has 3 heterocycles. The largest absolute Gasteiger partial charge is 0.507 e. The van der Waals surface area contributed by atoms with Gasteiger partial charge in [0, 0.05) is 18.7 Å². The van der Waals surface area contributed by atoms with Crippen LogP contribution in [0.15, 0.2) is 52.7 Å². The standard InChI is InChI=1S/C22H23NO6/c1-2-27-15-9-7-14(8-10-15)20(24)18-19(17-6-4-12-29-17)23(22(26)21(18)25)13-16-5-3-11-28-16/h4,6-10,12,16,19,24H,2-3,5,11,13H2,1H3/t16-,19+/m1/s1. The molecule has 2 fully saturated rings. The topological polar surface area (TPSA) is 89.2 Å². The predicted molar refractivity (Wildman–Crippen MR) is 104 cm³/mol. The minimum Gasteiger partial charge on any atom is -0.507 e. The summed E-state index contributed by atoms with van der Waals surface area (Å²) in [4.78, 5) is 27.1. The Morgan fingerprint density at radius 1 is 1.24 bits per heavy atom. The quantitative estimate of drug-likeness (QED) is 0.457. The molecular weight excluding hydrogens is 374 g/mol. The molecule has 2 saturated heterocycles. The summed E-state index contributed by atoms with van der Waals surface area (Å²) in [5, 5.41) is 10.9. The first-order chi connectivity index (χ1) is 14.1. The zero-order valence-electron chi connectivity index (χ0n) is 16.2. The highest BCUT2D eigenvalue weighted by Gasteiger charge is 2.48. The molecule has 0 spiro atoms. The third-order valence-corrected chi connectivity index (χ3v) is 5.22. The number of nitrogens with zero attached hydrogens (tertiary/aromatic N) is 1. The van der Waals surface area contributed by atoms with Gasteiger partial charge in [0.15, 0.2) is 0 Å². The number of rotatable bonds is 6. The lowest BCUT2D eigenvalue weighted by atomic mass is 9.99. The molecule has 1 N–H and O–H groups in total. The molecule has 152 valence electrons. The molecule has 7 heteroatoms. The Bertz CT molecular complexity index is 909. The van der Waals surface area contributed by atoms with Gasteiger partial charge in [0.1, 0.15) is 23.3 Å². The number of amides is 1. The molecule has 4 rings (SSSR count). The van der Waals surface area contributed by atoms with Crippen LogP contribution in [0.5, 0.6) is 5.75 Å². The van der Waals surface area contributed by atoms with Gasteiger partial charge in [-0.05, 0) is 56.2 Å². The lowest BCUT2D eigenvalue weighted by Crippen LogP contribution is -2.36. The van der Waals surface area contributed by atoms with Crippen LogP contribution in [-0.4, -0.2) is 47.6 Å². The van der Waals surface area contributed by atoms with Crippen molar-refractivity contribution in [3.05, 3.63) is 59.6 Å². The number of likely N-dealkylation sites (tertiary alicyclic amines) is 1. The van der Waals surface area contributed by atoms with E-state index in [1.54, 1.807) is 36.4 Å². The number of carbonyl (C=O) groups is 2. The van der Waals surface area contributed by atoms with E-state index in [2.05, 4.69) is 0 Å². The molecule has 1 amide bonds. The van der Waals surface area contributed by atoms with Gasteiger partial charge >= 0.3 is 0 Å². The minimum absolute atomic E-state index is 0.0205. The maximum atomic E-state index is 12.9. The summed E-state index contributed by atoms with van der Waals surface area (Å²) in [5.41, 5.74) is 0.451. The third-order valence-electron chi connectivity index (χ3n) is 5.22. The normalized spacial score (nSPS) is 23.7. The second-order valence-corrected chi connectivity index (χ2v) is 7.06. The van der Waals surface area contributed by atoms with Gasteiger partial charge < -0.3 is 23.9 Å². The van der Waals surface area contributed by atoms with E-state index in [-0.39, 0.29) is 24.0 Å². The van der Waals surface area contributed by atoms with Crippen molar-refractivity contribution in [3.8, 4) is 5.75 Å². The van der Waals surface area contributed by atoms with E-state index in [1.807, 2.05) is 6.92 Å². The highest BCUT2D eigenvalue weighted by atomic mass is 16.5. The van der Waals surface area contributed by atoms with Crippen LogP contribution in [0.4, 0.5) is 0 Å². The van der Waals surface area contributed by atoms with Crippen LogP contribution in [0, 0.1) is 0 Å². The molecule has 29 heavy (non-hydrogen) atoms. The Morgan fingerprint density at radius 2 is 2.03 bits per heavy atom. The molecule has 0 unspecified atom stereocenters. The number of ether oxygens (including phenoxy) is 2. The third kappa shape index (κ3) is 3.65. The average Bonchev–Trinajstić information content (AvgIpc) is 3.47. The number of benzene rings is 1. The Labute approximate surface area is 168 Å². The molecule has 1 aromatic heterocycles. The SMILES string of the molecule is CCOc1ccc(C(O)=C2C(=O)C(=O)N(C[C@H]3CCCO3)[C@H]2c2ccco2)cc1. The van der Waals surface area contributed by atoms with Gasteiger partial charge in [0.05, 0.1) is 24.5 Å². The van der Waals surface area contributed by atoms with Crippen molar-refractivity contribution in [3.63, 3.8) is 0 Å². The number of aliphatic hydroxyl groups is 1. The Balaban J connectivity index is 1.74. The predicted octanol–water partition coefficient (Wildman–Crippen LogP) is 3.28. The van der Waals surface area contributed by atoms with Crippen LogP contribution in [-0.2, 0) is 14.3 Å². The second kappa shape index (κ2) is 8.13. The van der Waals surface area contributed by atoms with Crippen LogP contribution in [0.1, 0.15) is 37.1 Å². The zero-order chi connectivity index (χ0) is 20.4. The lowest BCUT2D eigenvalue weighted by molar-refractivity contribution is -0.141. The molecule has 2 aliphatic heterocycles. The number of Topliss-reactive ketones (excluding diaryl/α,β-unsaturated/α-hetero) is 1. The van der Waals surface area contributed by atoms with E-state index < -0.39 is 17.7 Å². The zero-order valence-corrected chi connectivity index (χ0v) is 16.2. The molecule has 2 aliphatic rings. The monoisotopic (exact) mass is 397 g/mol. The van der Waals surface area contributed by atoms with Crippen LogP contribution in [0.25, 0.3) is 5.76 Å². The summed E-state index contributed by atoms with van der Waals surface area (Å²) in [5.74, 6) is -0.534. The van der Waals surface area contributed by atoms with E-state index in [9.17, 15) is 14.7 Å². The molecule has 2 atom stereocenters. The summed E-state index contributed by atoms with van der Waals surface area (Å²) in [7, 11) is 0. The number of carbonyl (C=O) groups excluding carboxylic acids is 2. The fourth-order valence-electron chi connectivity index (χ4n) is 3.85. The van der Waals surface area contributed by atoms with Gasteiger partial charge in [-0.2, -0.15) is 0 Å². The van der Waals surface area contributed by atoms with Gasteiger partial charge in [-0.3, -0.25) is 9.59 Å². The number of ketones is 1. The van der Waals surface area contributed by atoms with Crippen LogP contribution in [0.2, 0.25) is 0 Å². The van der Waals surface area contributed by atoms with E-state index >= 15 is 0 Å². The Hall–Kier alpha value is -3.06. The number of furan rings is 1. The van der Waals surface area contributed by atoms with Crippen molar-refractivity contribution < 1.29 is 28.6 Å². The molecule has 0 saturated carbocycles. The molecule has 1 aromatic carbocycles. The lowest BCUT2D eigenvalue weighted by Gasteiger charge is -2.25. The second-order valence-electron chi connectivity index (χ2n) is 7.06. The van der Waals surface area contributed by atoms with Crippen molar-refractivity contribution in [1.82, 2.24) is 4.90 Å². The maximum absolute atomic E-state index is 12.9. The first kappa shape index (κ1) is 19.3. The number of aliphatic hydroxyl groups excluding tert-OH is 1. The summed E-state index contributed by atoms with van der Waals surface area (Å²) < 4.78 is 16.6. The summed E-state index contributed by atoms with van der Waals surface area (Å²) in [6.45, 7) is 3.33.